The molecular weight excluding hydrogens is 760 g/mol. The van der Waals surface area contributed by atoms with Gasteiger partial charge in [-0.2, -0.15) is 26.3 Å². The van der Waals surface area contributed by atoms with E-state index < -0.39 is 57.7 Å². The second kappa shape index (κ2) is 16.4. The lowest BCUT2D eigenvalue weighted by atomic mass is 9.54. The molecular formula is C33H41F6N3O9S2. The number of ether oxygens (including phenoxy) is 5. The van der Waals surface area contributed by atoms with E-state index in [9.17, 15) is 44.3 Å². The molecule has 12 nitrogen and oxygen atoms in total. The van der Waals surface area contributed by atoms with Gasteiger partial charge < -0.3 is 29.0 Å². The van der Waals surface area contributed by atoms with E-state index in [1.807, 2.05) is 4.72 Å². The number of halogens is 6. The van der Waals surface area contributed by atoms with Crippen molar-refractivity contribution in [2.75, 3.05) is 56.3 Å². The lowest BCUT2D eigenvalue weighted by Crippen LogP contribution is -2.57. The van der Waals surface area contributed by atoms with Crippen LogP contribution in [0.3, 0.4) is 0 Å². The second-order valence-electron chi connectivity index (χ2n) is 13.6. The maximum Gasteiger partial charge on any atom is 0.442 e. The van der Waals surface area contributed by atoms with Crippen molar-refractivity contribution < 1.29 is 68.0 Å². The van der Waals surface area contributed by atoms with Gasteiger partial charge in [0, 0.05) is 18.2 Å². The number of anilines is 2. The fourth-order valence-corrected chi connectivity index (χ4v) is 10.3. The van der Waals surface area contributed by atoms with Crippen LogP contribution in [0, 0.1) is 24.7 Å². The van der Waals surface area contributed by atoms with Crippen molar-refractivity contribution in [2.24, 2.45) is 17.8 Å². The predicted molar refractivity (Wildman–Crippen MR) is 178 cm³/mol. The molecule has 0 unspecified atom stereocenters. The Hall–Kier alpha value is -3.04. The molecule has 2 N–H and O–H groups in total. The van der Waals surface area contributed by atoms with E-state index in [-0.39, 0.29) is 47.1 Å². The minimum absolute atomic E-state index is 0.0197. The number of amides is 1. The lowest BCUT2D eigenvalue weighted by molar-refractivity contribution is -0.378. The molecule has 4 aliphatic rings. The minimum Gasteiger partial charge on any atom is -0.433 e. The number of sulfonamides is 1. The molecule has 20 heteroatoms. The topological polar surface area (TPSA) is 151 Å². The van der Waals surface area contributed by atoms with Gasteiger partial charge in [0.25, 0.3) is 10.0 Å². The Bertz CT molecular complexity index is 1650. The van der Waals surface area contributed by atoms with Crippen molar-refractivity contribution in [1.29, 1.82) is 0 Å². The van der Waals surface area contributed by atoms with Gasteiger partial charge >= 0.3 is 23.9 Å². The van der Waals surface area contributed by atoms with Crippen LogP contribution in [0.4, 0.5) is 37.2 Å². The highest BCUT2D eigenvalue weighted by Crippen LogP contribution is 2.57. The molecule has 4 aliphatic carbocycles. The monoisotopic (exact) mass is 801 g/mol. The number of aromatic nitrogens is 1. The predicted octanol–water partition coefficient (Wildman–Crippen LogP) is 6.11. The molecule has 1 aromatic carbocycles. The number of thiazole rings is 1. The average Bonchev–Trinajstić information content (AvgIpc) is 3.41. The molecule has 0 saturated heterocycles. The number of benzene rings is 1. The zero-order valence-electron chi connectivity index (χ0n) is 28.9. The maximum atomic E-state index is 14.2. The summed E-state index contributed by atoms with van der Waals surface area (Å²) in [7, 11) is -4.43. The molecule has 1 amide bonds. The Morgan fingerprint density at radius 3 is 1.87 bits per heavy atom. The molecule has 0 aliphatic heterocycles. The minimum atomic E-state index is -6.19. The number of nitrogens with zero attached hydrogens (tertiary/aromatic N) is 1. The van der Waals surface area contributed by atoms with Gasteiger partial charge in [-0.3, -0.25) is 9.52 Å². The number of rotatable bonds is 18. The molecule has 1 aromatic heterocycles. The number of aryl methyl sites for hydroxylation is 1. The molecule has 1 heterocycles. The fourth-order valence-electron chi connectivity index (χ4n) is 7.79. The van der Waals surface area contributed by atoms with Crippen LogP contribution in [0.15, 0.2) is 28.5 Å². The smallest absolute Gasteiger partial charge is 0.433 e. The molecule has 6 rings (SSSR count). The van der Waals surface area contributed by atoms with E-state index >= 15 is 0 Å². The standard InChI is InChI=1S/C33H41F6N3O9S2/c1-20-28(52-29(40-20)41-21(2)43)53(45,46)42-26-5-3-25(4-6-26)31(32(34,35)36,33(37,38)39)51-27(44)19-49-10-9-47-7-8-48-11-12-50-30-16-22-13-23(17-30)15-24(14-22)18-30/h3-6,22-24,42H,7-19H2,1-2H3,(H,40,41,43). The fraction of sp³-hybridized carbons (Fsp3) is 0.667. The molecule has 53 heavy (non-hydrogen) atoms. The Morgan fingerprint density at radius 1 is 0.849 bits per heavy atom. The summed E-state index contributed by atoms with van der Waals surface area (Å²) in [4.78, 5) is 27.5. The average molecular weight is 802 g/mol. The SMILES string of the molecule is CC(=O)Nc1nc(C)c(S(=O)(=O)Nc2ccc(C(OC(=O)COCCOCCOCCOC34CC5CC(CC(C5)C3)C4)(C(F)(F)F)C(F)(F)F)cc2)s1. The van der Waals surface area contributed by atoms with Crippen molar-refractivity contribution in [3.8, 4) is 0 Å². The first-order valence-electron chi connectivity index (χ1n) is 16.9. The van der Waals surface area contributed by atoms with Gasteiger partial charge in [-0.05, 0) is 75.3 Å². The molecule has 4 fully saturated rings. The van der Waals surface area contributed by atoms with E-state index in [0.29, 0.717) is 48.8 Å². The zero-order chi connectivity index (χ0) is 38.7. The van der Waals surface area contributed by atoms with Crippen LogP contribution < -0.4 is 10.0 Å². The summed E-state index contributed by atoms with van der Waals surface area (Å²) in [5.74, 6) is -0.184. The van der Waals surface area contributed by atoms with Crippen LogP contribution >= 0.6 is 11.3 Å². The molecule has 2 aromatic rings. The highest BCUT2D eigenvalue weighted by atomic mass is 32.2. The first-order chi connectivity index (χ1) is 24.8. The summed E-state index contributed by atoms with van der Waals surface area (Å²) in [5, 5.41) is 2.27. The molecule has 0 radical (unpaired) electrons. The number of alkyl halides is 6. The van der Waals surface area contributed by atoms with E-state index in [1.54, 1.807) is 0 Å². The molecule has 0 atom stereocenters. The van der Waals surface area contributed by atoms with Crippen LogP contribution in [-0.2, 0) is 48.9 Å². The summed E-state index contributed by atoms with van der Waals surface area (Å²) < 4.78 is 139. The Balaban J connectivity index is 1.07. The number of carbonyl (C=O) groups is 2. The van der Waals surface area contributed by atoms with Crippen LogP contribution in [-0.4, -0.2) is 89.5 Å². The van der Waals surface area contributed by atoms with Gasteiger partial charge in [0.05, 0.1) is 50.9 Å². The van der Waals surface area contributed by atoms with Crippen LogP contribution in [0.1, 0.15) is 56.7 Å². The third-order valence-corrected chi connectivity index (χ3v) is 12.5. The number of hydrogen-bond acceptors (Lipinski definition) is 11. The molecule has 4 bridgehead atoms. The third kappa shape index (κ3) is 9.80. The van der Waals surface area contributed by atoms with Crippen LogP contribution in [0.2, 0.25) is 0 Å². The Kier molecular flexibility index (Phi) is 12.7. The first kappa shape index (κ1) is 41.1. The van der Waals surface area contributed by atoms with Crippen molar-refractivity contribution in [3.63, 3.8) is 0 Å². The van der Waals surface area contributed by atoms with E-state index in [4.69, 9.17) is 18.9 Å². The summed E-state index contributed by atoms with van der Waals surface area (Å²) in [6.45, 7) is 1.97. The highest BCUT2D eigenvalue weighted by Gasteiger charge is 2.75. The van der Waals surface area contributed by atoms with Gasteiger partial charge in [-0.1, -0.05) is 23.5 Å². The molecule has 4 saturated carbocycles. The van der Waals surface area contributed by atoms with E-state index in [0.717, 1.165) is 37.0 Å². The quantitative estimate of drug-likeness (QED) is 0.103. The lowest BCUT2D eigenvalue weighted by Gasteiger charge is -2.56. The summed E-state index contributed by atoms with van der Waals surface area (Å²) in [5.41, 5.74) is -7.10. The van der Waals surface area contributed by atoms with Gasteiger partial charge in [0.15, 0.2) is 9.34 Å². The van der Waals surface area contributed by atoms with Crippen LogP contribution in [0.5, 0.6) is 0 Å². The summed E-state index contributed by atoms with van der Waals surface area (Å²) in [6.07, 6.45) is -5.10. The number of hydrogen-bond donors (Lipinski definition) is 2. The third-order valence-electron chi connectivity index (χ3n) is 9.47. The first-order valence-corrected chi connectivity index (χ1v) is 19.2. The van der Waals surface area contributed by atoms with Gasteiger partial charge in [0.1, 0.15) is 6.61 Å². The summed E-state index contributed by atoms with van der Waals surface area (Å²) >= 11 is 0.579. The Labute approximate surface area is 306 Å². The van der Waals surface area contributed by atoms with Gasteiger partial charge in [0.2, 0.25) is 5.91 Å². The van der Waals surface area contributed by atoms with Crippen molar-refractivity contribution >= 4 is 44.1 Å². The van der Waals surface area contributed by atoms with Crippen molar-refractivity contribution in [2.45, 2.75) is 80.1 Å². The van der Waals surface area contributed by atoms with E-state index in [1.165, 1.54) is 33.1 Å². The summed E-state index contributed by atoms with van der Waals surface area (Å²) in [6, 6.07) is 1.96. The maximum absolute atomic E-state index is 14.2. The van der Waals surface area contributed by atoms with Crippen molar-refractivity contribution in [1.82, 2.24) is 4.98 Å². The highest BCUT2D eigenvalue weighted by molar-refractivity contribution is 7.94. The normalized spacial score (nSPS) is 22.9. The van der Waals surface area contributed by atoms with Crippen molar-refractivity contribution in [3.05, 3.63) is 35.5 Å². The zero-order valence-corrected chi connectivity index (χ0v) is 30.6. The van der Waals surface area contributed by atoms with E-state index in [2.05, 4.69) is 15.0 Å². The Morgan fingerprint density at radius 2 is 1.36 bits per heavy atom. The van der Waals surface area contributed by atoms with Gasteiger partial charge in [-0.15, -0.1) is 0 Å². The number of nitrogens with one attached hydrogen (secondary N) is 2. The largest absolute Gasteiger partial charge is 0.442 e. The second-order valence-corrected chi connectivity index (χ2v) is 16.5. The molecule has 296 valence electrons. The number of esters is 1. The van der Waals surface area contributed by atoms with Gasteiger partial charge in [-0.25, -0.2) is 18.2 Å². The number of carbonyl (C=O) groups excluding carboxylic acids is 2. The molecule has 0 spiro atoms. The van der Waals surface area contributed by atoms with Crippen LogP contribution in [0.25, 0.3) is 0 Å².